The van der Waals surface area contributed by atoms with E-state index in [1.165, 1.54) is 0 Å². The molecule has 1 saturated heterocycles. The molecular formula is C27H32N6O4. The predicted octanol–water partition coefficient (Wildman–Crippen LogP) is 2.31. The number of amides is 1. The number of ether oxygens (including phenoxy) is 2. The van der Waals surface area contributed by atoms with E-state index in [9.17, 15) is 10.1 Å². The summed E-state index contributed by atoms with van der Waals surface area (Å²) in [6, 6.07) is 9.35. The molecule has 1 unspecified atom stereocenters. The maximum atomic E-state index is 13.6. The molecule has 4 heterocycles. The molecule has 37 heavy (non-hydrogen) atoms. The fraction of sp³-hybridized carbons (Fsp3) is 0.444. The lowest BCUT2D eigenvalue weighted by atomic mass is 9.86. The van der Waals surface area contributed by atoms with E-state index in [0.717, 1.165) is 22.4 Å². The monoisotopic (exact) mass is 504 g/mol. The van der Waals surface area contributed by atoms with Crippen LogP contribution >= 0.6 is 0 Å². The maximum absolute atomic E-state index is 13.6. The average Bonchev–Trinajstić information content (AvgIpc) is 2.94. The van der Waals surface area contributed by atoms with Gasteiger partial charge in [-0.2, -0.15) is 5.26 Å². The van der Waals surface area contributed by atoms with Crippen LogP contribution in [0.1, 0.15) is 48.8 Å². The van der Waals surface area contributed by atoms with Gasteiger partial charge in [-0.15, -0.1) is 0 Å². The van der Waals surface area contributed by atoms with Gasteiger partial charge >= 0.3 is 0 Å². The molecule has 1 fully saturated rings. The lowest BCUT2D eigenvalue weighted by Gasteiger charge is -2.45. The van der Waals surface area contributed by atoms with Crippen molar-refractivity contribution >= 4 is 17.7 Å². The van der Waals surface area contributed by atoms with E-state index in [1.807, 2.05) is 13.0 Å². The highest BCUT2D eigenvalue weighted by Gasteiger charge is 2.41. The third-order valence-electron chi connectivity index (χ3n) is 6.68. The first-order valence-electron chi connectivity index (χ1n) is 12.3. The Labute approximate surface area is 216 Å². The van der Waals surface area contributed by atoms with Gasteiger partial charge in [-0.3, -0.25) is 19.7 Å². The van der Waals surface area contributed by atoms with Crippen LogP contribution in [0.3, 0.4) is 0 Å². The molecule has 1 amide bonds. The number of allylic oxidation sites excluding steroid dienone is 1. The van der Waals surface area contributed by atoms with E-state index in [1.54, 1.807) is 50.7 Å². The van der Waals surface area contributed by atoms with Gasteiger partial charge in [-0.1, -0.05) is 0 Å². The molecule has 194 valence electrons. The van der Waals surface area contributed by atoms with Crippen LogP contribution in [0, 0.1) is 11.3 Å². The van der Waals surface area contributed by atoms with Gasteiger partial charge in [-0.25, -0.2) is 4.98 Å². The van der Waals surface area contributed by atoms with E-state index in [0.29, 0.717) is 38.6 Å². The topological polar surface area (TPSA) is 133 Å². The highest BCUT2D eigenvalue weighted by molar-refractivity contribution is 5.96. The van der Waals surface area contributed by atoms with Crippen LogP contribution < -0.4 is 10.1 Å². The number of hydrogen-bond acceptors (Lipinski definition) is 9. The summed E-state index contributed by atoms with van der Waals surface area (Å²) >= 11 is 0. The predicted molar refractivity (Wildman–Crippen MR) is 138 cm³/mol. The van der Waals surface area contributed by atoms with Crippen molar-refractivity contribution in [3.63, 3.8) is 0 Å². The minimum atomic E-state index is -0.899. The van der Waals surface area contributed by atoms with E-state index in [2.05, 4.69) is 26.3 Å². The van der Waals surface area contributed by atoms with Gasteiger partial charge in [0.15, 0.2) is 0 Å². The molecule has 2 N–H and O–H groups in total. The Morgan fingerprint density at radius 3 is 2.76 bits per heavy atom. The summed E-state index contributed by atoms with van der Waals surface area (Å²) in [6.45, 7) is 7.98. The number of aliphatic hydroxyl groups is 1. The molecule has 0 radical (unpaired) electrons. The fourth-order valence-corrected chi connectivity index (χ4v) is 4.41. The van der Waals surface area contributed by atoms with Crippen molar-refractivity contribution in [2.75, 3.05) is 39.5 Å². The summed E-state index contributed by atoms with van der Waals surface area (Å²) in [7, 11) is 0. The quantitative estimate of drug-likeness (QED) is 0.560. The summed E-state index contributed by atoms with van der Waals surface area (Å²) in [4.78, 5) is 29.1. The molecule has 2 aromatic heterocycles. The number of carbonyl (C=O) groups is 1. The number of rotatable bonds is 8. The highest BCUT2D eigenvalue weighted by atomic mass is 16.5. The number of carbonyl (C=O) groups excluding carboxylic acids is 1. The second-order valence-electron chi connectivity index (χ2n) is 9.60. The van der Waals surface area contributed by atoms with E-state index in [4.69, 9.17) is 19.6 Å². The number of nitrogens with zero attached hydrogens (tertiary/aromatic N) is 5. The average molecular weight is 505 g/mol. The molecule has 2 aromatic rings. The van der Waals surface area contributed by atoms with Gasteiger partial charge < -0.3 is 19.9 Å². The van der Waals surface area contributed by atoms with Gasteiger partial charge in [-0.05, 0) is 55.7 Å². The molecule has 1 atom stereocenters. The molecule has 2 aliphatic heterocycles. The number of nitriles is 1. The van der Waals surface area contributed by atoms with Crippen molar-refractivity contribution < 1.29 is 19.4 Å². The number of aromatic nitrogens is 2. The first kappa shape index (κ1) is 26.4. The van der Waals surface area contributed by atoms with Gasteiger partial charge in [0.1, 0.15) is 18.0 Å². The molecule has 0 saturated carbocycles. The van der Waals surface area contributed by atoms with Crippen LogP contribution in [0.4, 0.5) is 0 Å². The second kappa shape index (κ2) is 11.2. The maximum Gasteiger partial charge on any atom is 0.271 e. The number of hydrogen-bond donors (Lipinski definition) is 2. The SMILES string of the molecule is CC1=C(c2ccc(OCCO)nc2)CC(NC(=O)c2cc(C(C)(C)C#N)ccn2)(N2CCOCC2)C=N1. The van der Waals surface area contributed by atoms with Crippen LogP contribution in [0.5, 0.6) is 5.88 Å². The summed E-state index contributed by atoms with van der Waals surface area (Å²) in [5.41, 5.74) is 1.96. The Balaban J connectivity index is 1.64. The van der Waals surface area contributed by atoms with Crippen molar-refractivity contribution in [3.05, 3.63) is 59.2 Å². The Hall–Kier alpha value is -3.65. The minimum absolute atomic E-state index is 0.0874. The van der Waals surface area contributed by atoms with Crippen LogP contribution in [0.25, 0.3) is 5.57 Å². The molecule has 10 heteroatoms. The van der Waals surface area contributed by atoms with Gasteiger partial charge in [0.25, 0.3) is 5.91 Å². The van der Waals surface area contributed by atoms with E-state index in [-0.39, 0.29) is 24.8 Å². The summed E-state index contributed by atoms with van der Waals surface area (Å²) in [6.07, 6.45) is 5.54. The smallest absolute Gasteiger partial charge is 0.271 e. The highest BCUT2D eigenvalue weighted by Crippen LogP contribution is 2.34. The molecule has 10 nitrogen and oxygen atoms in total. The number of aliphatic hydroxyl groups excluding tert-OH is 1. The first-order chi connectivity index (χ1) is 17.8. The second-order valence-corrected chi connectivity index (χ2v) is 9.60. The van der Waals surface area contributed by atoms with Crippen LogP contribution in [0.2, 0.25) is 0 Å². The number of nitrogens with one attached hydrogen (secondary N) is 1. The summed E-state index contributed by atoms with van der Waals surface area (Å²) in [5.74, 6) is 0.0765. The molecule has 4 rings (SSSR count). The van der Waals surface area contributed by atoms with Crippen molar-refractivity contribution in [3.8, 4) is 11.9 Å². The molecule has 2 aliphatic rings. The van der Waals surface area contributed by atoms with Crippen molar-refractivity contribution in [1.82, 2.24) is 20.2 Å². The van der Waals surface area contributed by atoms with Gasteiger partial charge in [0.2, 0.25) is 5.88 Å². The van der Waals surface area contributed by atoms with Crippen molar-refractivity contribution in [1.29, 1.82) is 5.26 Å². The van der Waals surface area contributed by atoms with Gasteiger partial charge in [0.05, 0.1) is 31.3 Å². The zero-order chi connectivity index (χ0) is 26.5. The fourth-order valence-electron chi connectivity index (χ4n) is 4.41. The van der Waals surface area contributed by atoms with Gasteiger partial charge in [0, 0.05) is 49.9 Å². The lowest BCUT2D eigenvalue weighted by Crippen LogP contribution is -2.65. The third kappa shape index (κ3) is 5.85. The zero-order valence-corrected chi connectivity index (χ0v) is 21.4. The Morgan fingerprint density at radius 1 is 1.30 bits per heavy atom. The molecule has 0 spiro atoms. The largest absolute Gasteiger partial charge is 0.475 e. The van der Waals surface area contributed by atoms with Crippen LogP contribution in [0.15, 0.2) is 47.3 Å². The summed E-state index contributed by atoms with van der Waals surface area (Å²) < 4.78 is 11.0. The van der Waals surface area contributed by atoms with Crippen molar-refractivity contribution in [2.24, 2.45) is 4.99 Å². The van der Waals surface area contributed by atoms with E-state index < -0.39 is 11.1 Å². The minimum Gasteiger partial charge on any atom is -0.475 e. The summed E-state index contributed by atoms with van der Waals surface area (Å²) in [5, 5.41) is 21.7. The van der Waals surface area contributed by atoms with Crippen LogP contribution in [-0.4, -0.2) is 77.3 Å². The standard InChI is InChI=1S/C27H32N6O4/c1-19-22(20-4-5-24(30-16-20)37-13-10-34)15-27(18-31-19,33-8-11-36-12-9-33)32-25(35)23-14-21(6-7-29-23)26(2,3)17-28/h4-7,14,16,18,34H,8-13,15H2,1-3H3,(H,32,35). The number of pyridine rings is 2. The number of morpholine rings is 1. The molecule has 0 bridgehead atoms. The van der Waals surface area contributed by atoms with Crippen molar-refractivity contribution in [2.45, 2.75) is 38.3 Å². The van der Waals surface area contributed by atoms with Crippen LogP contribution in [-0.2, 0) is 10.2 Å². The van der Waals surface area contributed by atoms with E-state index >= 15 is 0 Å². The molecule has 0 aromatic carbocycles. The molecular weight excluding hydrogens is 472 g/mol. The Kier molecular flexibility index (Phi) is 7.97. The Morgan fingerprint density at radius 2 is 2.08 bits per heavy atom. The third-order valence-corrected chi connectivity index (χ3v) is 6.68. The Bertz CT molecular complexity index is 1230. The normalized spacial score (nSPS) is 20.4. The number of aliphatic imine (C=N–C) groups is 1. The first-order valence-corrected chi connectivity index (χ1v) is 12.3. The lowest BCUT2D eigenvalue weighted by molar-refractivity contribution is -0.00627. The zero-order valence-electron chi connectivity index (χ0n) is 21.4. The molecule has 0 aliphatic carbocycles.